The first-order chi connectivity index (χ1) is 12.9. The van der Waals surface area contributed by atoms with Crippen molar-refractivity contribution in [2.24, 2.45) is 7.05 Å². The molecule has 4 nitrogen and oxygen atoms in total. The summed E-state index contributed by atoms with van der Waals surface area (Å²) in [4.78, 5) is 13.2. The molecule has 1 aliphatic heterocycles. The van der Waals surface area contributed by atoms with Crippen LogP contribution in [0.1, 0.15) is 22.5 Å². The lowest BCUT2D eigenvalue weighted by Gasteiger charge is -2.29. The minimum atomic E-state index is -0.557. The van der Waals surface area contributed by atoms with Crippen molar-refractivity contribution in [2.75, 3.05) is 13.2 Å². The summed E-state index contributed by atoms with van der Waals surface area (Å²) < 4.78 is 8.44. The highest BCUT2D eigenvalue weighted by Crippen LogP contribution is 2.35. The molecule has 1 saturated heterocycles. The zero-order valence-electron chi connectivity index (χ0n) is 14.6. The molecular weight excluding hydrogens is 451 g/mol. The summed E-state index contributed by atoms with van der Waals surface area (Å²) in [7, 11) is 1.85. The molecule has 1 amide bonds. The largest absolute Gasteiger partial charge is 0.379 e. The number of fused-ring (bicyclic) bond motifs is 1. The zero-order valence-corrected chi connectivity index (χ0v) is 17.7. The molecule has 140 valence electrons. The fraction of sp³-hybridized carbons (Fsp3) is 0.250. The number of aromatic nitrogens is 1. The van der Waals surface area contributed by atoms with Gasteiger partial charge in [0.15, 0.2) is 0 Å². The van der Waals surface area contributed by atoms with E-state index in [4.69, 9.17) is 27.9 Å². The van der Waals surface area contributed by atoms with E-state index in [2.05, 4.69) is 21.2 Å². The molecule has 4 rings (SSSR count). The third-order valence-corrected chi connectivity index (χ3v) is 6.41. The molecule has 7 heteroatoms. The second kappa shape index (κ2) is 7.13. The molecule has 1 unspecified atom stereocenters. The van der Waals surface area contributed by atoms with Gasteiger partial charge < -0.3 is 14.6 Å². The fourth-order valence-electron chi connectivity index (χ4n) is 3.60. The number of halogens is 3. The highest BCUT2D eigenvalue weighted by Gasteiger charge is 2.39. The SMILES string of the molecule is Cn1c(C(=O)NC2(c3cccc(Br)c3)CCOC2)cc2c(Cl)c(Cl)ccc21. The Balaban J connectivity index is 1.73. The highest BCUT2D eigenvalue weighted by molar-refractivity contribution is 9.10. The van der Waals surface area contributed by atoms with Crippen LogP contribution in [0.2, 0.25) is 10.0 Å². The van der Waals surface area contributed by atoms with Crippen molar-refractivity contribution in [2.45, 2.75) is 12.0 Å². The Morgan fingerprint density at radius 1 is 1.26 bits per heavy atom. The van der Waals surface area contributed by atoms with Crippen molar-refractivity contribution >= 4 is 55.9 Å². The number of amides is 1. The summed E-state index contributed by atoms with van der Waals surface area (Å²) in [5.74, 6) is -0.175. The molecule has 0 aliphatic carbocycles. The molecule has 2 aromatic carbocycles. The predicted octanol–water partition coefficient (Wildman–Crippen LogP) is 5.29. The van der Waals surface area contributed by atoms with Crippen molar-refractivity contribution in [1.29, 1.82) is 0 Å². The van der Waals surface area contributed by atoms with Gasteiger partial charge in [0, 0.05) is 35.5 Å². The van der Waals surface area contributed by atoms with Crippen molar-refractivity contribution in [1.82, 2.24) is 9.88 Å². The molecule has 0 bridgehead atoms. The monoisotopic (exact) mass is 466 g/mol. The van der Waals surface area contributed by atoms with E-state index in [1.807, 2.05) is 41.9 Å². The van der Waals surface area contributed by atoms with Crippen LogP contribution >= 0.6 is 39.1 Å². The van der Waals surface area contributed by atoms with Gasteiger partial charge >= 0.3 is 0 Å². The van der Waals surface area contributed by atoms with Crippen molar-refractivity contribution in [3.8, 4) is 0 Å². The number of nitrogens with zero attached hydrogens (tertiary/aromatic N) is 1. The van der Waals surface area contributed by atoms with E-state index < -0.39 is 5.54 Å². The molecule has 0 spiro atoms. The van der Waals surface area contributed by atoms with Gasteiger partial charge in [0.2, 0.25) is 0 Å². The first-order valence-corrected chi connectivity index (χ1v) is 10.1. The van der Waals surface area contributed by atoms with Crippen LogP contribution in [0.3, 0.4) is 0 Å². The van der Waals surface area contributed by atoms with Crippen LogP contribution in [0.5, 0.6) is 0 Å². The van der Waals surface area contributed by atoms with E-state index in [1.165, 1.54) is 0 Å². The quantitative estimate of drug-likeness (QED) is 0.568. The minimum absolute atomic E-state index is 0.175. The van der Waals surface area contributed by atoms with Gasteiger partial charge in [-0.05, 0) is 35.9 Å². The summed E-state index contributed by atoms with van der Waals surface area (Å²) in [6.45, 7) is 1.04. The van der Waals surface area contributed by atoms with E-state index in [0.717, 1.165) is 20.9 Å². The van der Waals surface area contributed by atoms with Crippen LogP contribution in [0.25, 0.3) is 10.9 Å². The molecule has 1 atom stereocenters. The molecule has 3 aromatic rings. The van der Waals surface area contributed by atoms with Gasteiger partial charge in [0.25, 0.3) is 5.91 Å². The van der Waals surface area contributed by atoms with Gasteiger partial charge in [0.05, 0.1) is 22.2 Å². The van der Waals surface area contributed by atoms with Gasteiger partial charge in [-0.1, -0.05) is 51.3 Å². The number of rotatable bonds is 3. The molecule has 27 heavy (non-hydrogen) atoms. The van der Waals surface area contributed by atoms with E-state index in [-0.39, 0.29) is 5.91 Å². The number of hydrogen-bond donors (Lipinski definition) is 1. The Labute approximate surface area is 175 Å². The maximum Gasteiger partial charge on any atom is 0.268 e. The third kappa shape index (κ3) is 3.27. The maximum absolute atomic E-state index is 13.2. The number of aryl methyl sites for hydroxylation is 1. The number of carbonyl (C=O) groups excluding carboxylic acids is 1. The topological polar surface area (TPSA) is 43.3 Å². The first kappa shape index (κ1) is 18.8. The van der Waals surface area contributed by atoms with E-state index in [0.29, 0.717) is 35.4 Å². The van der Waals surface area contributed by atoms with Crippen LogP contribution in [0.4, 0.5) is 0 Å². The summed E-state index contributed by atoms with van der Waals surface area (Å²) in [6.07, 6.45) is 0.714. The number of ether oxygens (including phenoxy) is 1. The molecule has 1 fully saturated rings. The number of benzene rings is 2. The Morgan fingerprint density at radius 2 is 2.07 bits per heavy atom. The normalized spacial score (nSPS) is 19.6. The number of carbonyl (C=O) groups is 1. The molecule has 1 aromatic heterocycles. The highest BCUT2D eigenvalue weighted by atomic mass is 79.9. The summed E-state index contributed by atoms with van der Waals surface area (Å²) in [5, 5.41) is 4.89. The second-order valence-electron chi connectivity index (χ2n) is 6.73. The summed E-state index contributed by atoms with van der Waals surface area (Å²) >= 11 is 16.0. The Kier molecular flexibility index (Phi) is 4.97. The average molecular weight is 468 g/mol. The molecular formula is C20H17BrCl2N2O2. The molecule has 2 heterocycles. The smallest absolute Gasteiger partial charge is 0.268 e. The zero-order chi connectivity index (χ0) is 19.2. The van der Waals surface area contributed by atoms with Crippen LogP contribution < -0.4 is 5.32 Å². The number of hydrogen-bond acceptors (Lipinski definition) is 2. The standard InChI is InChI=1S/C20H17BrCl2N2O2/c1-25-16-6-5-15(22)18(23)14(16)10-17(25)19(26)24-20(7-8-27-11-20)12-3-2-4-13(21)9-12/h2-6,9-10H,7-8,11H2,1H3,(H,24,26). The molecule has 0 radical (unpaired) electrons. The van der Waals surface area contributed by atoms with Crippen molar-refractivity contribution in [3.05, 3.63) is 68.2 Å². The summed E-state index contributed by atoms with van der Waals surface area (Å²) in [6, 6.07) is 13.3. The van der Waals surface area contributed by atoms with Gasteiger partial charge in [-0.15, -0.1) is 0 Å². The first-order valence-electron chi connectivity index (χ1n) is 8.51. The van der Waals surface area contributed by atoms with Crippen LogP contribution in [-0.2, 0) is 17.3 Å². The predicted molar refractivity (Wildman–Crippen MR) is 112 cm³/mol. The van der Waals surface area contributed by atoms with Gasteiger partial charge in [-0.3, -0.25) is 4.79 Å². The Bertz CT molecular complexity index is 1040. The van der Waals surface area contributed by atoms with Crippen LogP contribution in [0.15, 0.2) is 46.9 Å². The lowest BCUT2D eigenvalue weighted by atomic mass is 9.89. The molecule has 1 aliphatic rings. The summed E-state index contributed by atoms with van der Waals surface area (Å²) in [5.41, 5.74) is 1.84. The molecule has 0 saturated carbocycles. The van der Waals surface area contributed by atoms with Crippen molar-refractivity contribution < 1.29 is 9.53 Å². The second-order valence-corrected chi connectivity index (χ2v) is 8.43. The Morgan fingerprint density at radius 3 is 2.78 bits per heavy atom. The van der Waals surface area contributed by atoms with Gasteiger partial charge in [-0.2, -0.15) is 0 Å². The lowest BCUT2D eigenvalue weighted by molar-refractivity contribution is 0.0868. The van der Waals surface area contributed by atoms with Crippen molar-refractivity contribution in [3.63, 3.8) is 0 Å². The average Bonchev–Trinajstić information content (AvgIpc) is 3.24. The number of nitrogens with one attached hydrogen (secondary N) is 1. The minimum Gasteiger partial charge on any atom is -0.379 e. The molecule has 1 N–H and O–H groups in total. The van der Waals surface area contributed by atoms with Crippen LogP contribution in [-0.4, -0.2) is 23.7 Å². The van der Waals surface area contributed by atoms with E-state index >= 15 is 0 Å². The maximum atomic E-state index is 13.2. The van der Waals surface area contributed by atoms with E-state index in [1.54, 1.807) is 12.1 Å². The third-order valence-electron chi connectivity index (χ3n) is 5.10. The van der Waals surface area contributed by atoms with Gasteiger partial charge in [0.1, 0.15) is 5.69 Å². The van der Waals surface area contributed by atoms with Gasteiger partial charge in [-0.25, -0.2) is 0 Å². The lowest BCUT2D eigenvalue weighted by Crippen LogP contribution is -2.47. The fourth-order valence-corrected chi connectivity index (χ4v) is 4.38. The van der Waals surface area contributed by atoms with Crippen LogP contribution in [0, 0.1) is 0 Å². The Hall–Kier alpha value is -1.53. The van der Waals surface area contributed by atoms with E-state index in [9.17, 15) is 4.79 Å².